The van der Waals surface area contributed by atoms with Crippen LogP contribution in [0, 0.1) is 0 Å². The molecule has 1 aromatic carbocycles. The number of carbonyl (C=O) groups is 1. The van der Waals surface area contributed by atoms with Crippen molar-refractivity contribution in [2.45, 2.75) is 51.2 Å². The molecule has 1 saturated heterocycles. The number of hydrogen-bond donors (Lipinski definition) is 0. The molecule has 122 valence electrons. The van der Waals surface area contributed by atoms with Crippen LogP contribution >= 0.6 is 11.6 Å². The van der Waals surface area contributed by atoms with E-state index in [-0.39, 0.29) is 11.6 Å². The van der Waals surface area contributed by atoms with Crippen molar-refractivity contribution in [2.24, 2.45) is 0 Å². The lowest BCUT2D eigenvalue weighted by atomic mass is 9.96. The number of amides is 1. The third-order valence-electron chi connectivity index (χ3n) is 4.04. The van der Waals surface area contributed by atoms with E-state index >= 15 is 0 Å². The Morgan fingerprint density at radius 2 is 2.09 bits per heavy atom. The largest absolute Gasteiger partial charge is 0.418 e. The first-order valence-electron chi connectivity index (χ1n) is 7.53. The Morgan fingerprint density at radius 1 is 1.36 bits per heavy atom. The zero-order chi connectivity index (χ0) is 16.3. The van der Waals surface area contributed by atoms with Gasteiger partial charge >= 0.3 is 6.18 Å². The van der Waals surface area contributed by atoms with Gasteiger partial charge in [-0.2, -0.15) is 13.2 Å². The van der Waals surface area contributed by atoms with Gasteiger partial charge < -0.3 is 4.90 Å². The maximum Gasteiger partial charge on any atom is 0.418 e. The van der Waals surface area contributed by atoms with E-state index < -0.39 is 22.7 Å². The van der Waals surface area contributed by atoms with E-state index in [2.05, 4.69) is 0 Å². The Balaban J connectivity index is 2.38. The van der Waals surface area contributed by atoms with Crippen LogP contribution in [0.25, 0.3) is 0 Å². The molecule has 1 atom stereocenters. The predicted octanol–water partition coefficient (Wildman–Crippen LogP) is 5.15. The summed E-state index contributed by atoms with van der Waals surface area (Å²) in [6, 6.07) is 3.80. The average Bonchev–Trinajstić information content (AvgIpc) is 2.46. The monoisotopic (exact) mass is 333 g/mol. The minimum absolute atomic E-state index is 0.0197. The first kappa shape index (κ1) is 17.1. The zero-order valence-corrected chi connectivity index (χ0v) is 13.2. The van der Waals surface area contributed by atoms with Crippen LogP contribution in [0.4, 0.5) is 13.2 Å². The molecule has 1 fully saturated rings. The van der Waals surface area contributed by atoms with E-state index in [0.29, 0.717) is 6.54 Å². The molecule has 0 aliphatic carbocycles. The summed E-state index contributed by atoms with van der Waals surface area (Å²) in [4.78, 5) is 14.3. The van der Waals surface area contributed by atoms with Gasteiger partial charge in [-0.3, -0.25) is 4.79 Å². The number of benzene rings is 1. The summed E-state index contributed by atoms with van der Waals surface area (Å²) in [6.07, 6.45) is -0.241. The molecular formula is C16H19ClF3NO. The minimum atomic E-state index is -4.64. The fourth-order valence-corrected chi connectivity index (χ4v) is 3.33. The molecule has 1 aliphatic heterocycles. The second-order valence-corrected chi connectivity index (χ2v) is 6.00. The van der Waals surface area contributed by atoms with Crippen molar-refractivity contribution in [3.8, 4) is 0 Å². The van der Waals surface area contributed by atoms with Gasteiger partial charge in [0.25, 0.3) is 5.91 Å². The molecule has 0 N–H and O–H groups in total. The van der Waals surface area contributed by atoms with E-state index in [0.717, 1.165) is 32.1 Å². The van der Waals surface area contributed by atoms with Crippen LogP contribution in [-0.4, -0.2) is 23.4 Å². The van der Waals surface area contributed by atoms with E-state index in [1.165, 1.54) is 18.2 Å². The van der Waals surface area contributed by atoms with Crippen molar-refractivity contribution < 1.29 is 18.0 Å². The number of nitrogens with zero attached hydrogens (tertiary/aromatic N) is 1. The van der Waals surface area contributed by atoms with E-state index in [1.807, 2.05) is 6.92 Å². The topological polar surface area (TPSA) is 20.3 Å². The summed E-state index contributed by atoms with van der Waals surface area (Å²) in [7, 11) is 0. The summed E-state index contributed by atoms with van der Waals surface area (Å²) in [5.41, 5.74) is -1.37. The molecule has 0 aromatic heterocycles. The van der Waals surface area contributed by atoms with E-state index in [4.69, 9.17) is 11.6 Å². The van der Waals surface area contributed by atoms with Gasteiger partial charge in [0.05, 0.1) is 16.1 Å². The van der Waals surface area contributed by atoms with Gasteiger partial charge in [-0.05, 0) is 37.8 Å². The highest BCUT2D eigenvalue weighted by molar-refractivity contribution is 6.32. The number of carbonyl (C=O) groups excluding carboxylic acids is 1. The molecule has 2 rings (SSSR count). The minimum Gasteiger partial charge on any atom is -0.336 e. The van der Waals surface area contributed by atoms with Gasteiger partial charge in [0.1, 0.15) is 0 Å². The molecule has 0 bridgehead atoms. The van der Waals surface area contributed by atoms with Crippen molar-refractivity contribution in [2.75, 3.05) is 6.54 Å². The third-order valence-corrected chi connectivity index (χ3v) is 4.35. The molecular weight excluding hydrogens is 315 g/mol. The Kier molecular flexibility index (Phi) is 5.37. The summed E-state index contributed by atoms with van der Waals surface area (Å²) in [5, 5.41) is -0.428. The van der Waals surface area contributed by atoms with Crippen LogP contribution in [0.1, 0.15) is 54.9 Å². The van der Waals surface area contributed by atoms with Crippen LogP contribution in [0.3, 0.4) is 0 Å². The van der Waals surface area contributed by atoms with Crippen LogP contribution in [0.5, 0.6) is 0 Å². The van der Waals surface area contributed by atoms with Gasteiger partial charge in [-0.15, -0.1) is 0 Å². The van der Waals surface area contributed by atoms with Gasteiger partial charge in [-0.1, -0.05) is 31.0 Å². The van der Waals surface area contributed by atoms with Crippen molar-refractivity contribution in [1.82, 2.24) is 4.90 Å². The zero-order valence-electron chi connectivity index (χ0n) is 12.4. The van der Waals surface area contributed by atoms with Gasteiger partial charge in [0.15, 0.2) is 0 Å². The van der Waals surface area contributed by atoms with Crippen molar-refractivity contribution in [1.29, 1.82) is 0 Å². The Bertz CT molecular complexity index is 543. The molecule has 0 saturated carbocycles. The van der Waals surface area contributed by atoms with Crippen LogP contribution in [0.15, 0.2) is 18.2 Å². The Hall–Kier alpha value is -1.23. The number of halogens is 4. The standard InChI is InChI=1S/C16H19ClF3NO/c1-2-6-11-7-3-4-10-21(11)15(22)12-8-5-9-13(17)14(12)16(18,19)20/h5,8-9,11H,2-4,6-7,10H2,1H3. The van der Waals surface area contributed by atoms with Crippen molar-refractivity contribution in [3.63, 3.8) is 0 Å². The van der Waals surface area contributed by atoms with Crippen LogP contribution < -0.4 is 0 Å². The molecule has 1 heterocycles. The maximum atomic E-state index is 13.2. The number of alkyl halides is 3. The molecule has 2 nitrogen and oxygen atoms in total. The summed E-state index contributed by atoms with van der Waals surface area (Å²) >= 11 is 5.70. The second-order valence-electron chi connectivity index (χ2n) is 5.60. The predicted molar refractivity (Wildman–Crippen MR) is 80.0 cm³/mol. The van der Waals surface area contributed by atoms with Crippen molar-refractivity contribution >= 4 is 17.5 Å². The number of likely N-dealkylation sites (tertiary alicyclic amines) is 1. The average molecular weight is 334 g/mol. The lowest BCUT2D eigenvalue weighted by Gasteiger charge is -2.36. The normalized spacial score (nSPS) is 19.3. The molecule has 22 heavy (non-hydrogen) atoms. The first-order chi connectivity index (χ1) is 10.4. The highest BCUT2D eigenvalue weighted by Crippen LogP contribution is 2.38. The maximum absolute atomic E-state index is 13.2. The second kappa shape index (κ2) is 6.90. The molecule has 1 aromatic rings. The van der Waals surface area contributed by atoms with Gasteiger partial charge in [0, 0.05) is 12.6 Å². The molecule has 1 amide bonds. The van der Waals surface area contributed by atoms with Crippen LogP contribution in [-0.2, 0) is 6.18 Å². The van der Waals surface area contributed by atoms with Gasteiger partial charge in [0.2, 0.25) is 0 Å². The highest BCUT2D eigenvalue weighted by atomic mass is 35.5. The van der Waals surface area contributed by atoms with Gasteiger partial charge in [-0.25, -0.2) is 0 Å². The fourth-order valence-electron chi connectivity index (χ4n) is 3.05. The molecule has 1 unspecified atom stereocenters. The lowest BCUT2D eigenvalue weighted by molar-refractivity contribution is -0.137. The number of hydrogen-bond acceptors (Lipinski definition) is 1. The fraction of sp³-hybridized carbons (Fsp3) is 0.562. The van der Waals surface area contributed by atoms with Crippen LogP contribution in [0.2, 0.25) is 5.02 Å². The summed E-state index contributed by atoms with van der Waals surface area (Å²) < 4.78 is 39.7. The quantitative estimate of drug-likeness (QED) is 0.748. The Labute approximate surface area is 133 Å². The SMILES string of the molecule is CCCC1CCCCN1C(=O)c1cccc(Cl)c1C(F)(F)F. The number of rotatable bonds is 3. The first-order valence-corrected chi connectivity index (χ1v) is 7.90. The molecule has 0 spiro atoms. The Morgan fingerprint density at radius 3 is 2.73 bits per heavy atom. The van der Waals surface area contributed by atoms with E-state index in [1.54, 1.807) is 4.90 Å². The molecule has 6 heteroatoms. The number of piperidine rings is 1. The molecule has 1 aliphatic rings. The third kappa shape index (κ3) is 3.57. The molecule has 0 radical (unpaired) electrons. The summed E-state index contributed by atoms with van der Waals surface area (Å²) in [5.74, 6) is -0.562. The smallest absolute Gasteiger partial charge is 0.336 e. The highest BCUT2D eigenvalue weighted by Gasteiger charge is 2.39. The lowest BCUT2D eigenvalue weighted by Crippen LogP contribution is -2.44. The van der Waals surface area contributed by atoms with E-state index in [9.17, 15) is 18.0 Å². The van der Waals surface area contributed by atoms with Crippen molar-refractivity contribution in [3.05, 3.63) is 34.3 Å². The summed E-state index contributed by atoms with van der Waals surface area (Å²) in [6.45, 7) is 2.52.